The largest absolute Gasteiger partial charge is 0.509 e. The predicted molar refractivity (Wildman–Crippen MR) is 119 cm³/mol. The standard InChI is InChI=1S/C22H19N3O8S/c26-15-12-34-21-17(23-16(27)11-32-14-9-5-2-6-10-14)19(28)24(21)18(15)22(29)33-20(25(30)31)13-7-3-1-4-8-13/h1-10,17,20-21,26H,11-12H2,(H,23,27)/t17?,20?,21-/m1/s1. The lowest BCUT2D eigenvalue weighted by Gasteiger charge is -2.48. The molecule has 3 atom stereocenters. The van der Waals surface area contributed by atoms with Crippen molar-refractivity contribution < 1.29 is 33.9 Å². The average molecular weight is 485 g/mol. The summed E-state index contributed by atoms with van der Waals surface area (Å²) in [6.07, 6.45) is -1.82. The van der Waals surface area contributed by atoms with Crippen molar-refractivity contribution in [3.63, 3.8) is 0 Å². The fraction of sp³-hybridized carbons (Fsp3) is 0.227. The van der Waals surface area contributed by atoms with Crippen molar-refractivity contribution in [2.24, 2.45) is 0 Å². The van der Waals surface area contributed by atoms with E-state index in [1.54, 1.807) is 48.5 Å². The Morgan fingerprint density at radius 3 is 2.47 bits per heavy atom. The first kappa shape index (κ1) is 23.1. The smallest absolute Gasteiger partial charge is 0.383 e. The fourth-order valence-electron chi connectivity index (χ4n) is 3.48. The molecule has 0 radical (unpaired) electrons. The number of nitrogens with zero attached hydrogens (tertiary/aromatic N) is 2. The Kier molecular flexibility index (Phi) is 6.68. The maximum Gasteiger partial charge on any atom is 0.383 e. The maximum atomic E-state index is 12.8. The number of benzene rings is 2. The van der Waals surface area contributed by atoms with E-state index >= 15 is 0 Å². The number of hydrogen-bond acceptors (Lipinski definition) is 9. The first-order valence-corrected chi connectivity index (χ1v) is 11.1. The molecule has 2 aliphatic heterocycles. The summed E-state index contributed by atoms with van der Waals surface area (Å²) in [5.41, 5.74) is -0.344. The molecular weight excluding hydrogens is 466 g/mol. The molecule has 0 saturated carbocycles. The zero-order valence-electron chi connectivity index (χ0n) is 17.5. The topological polar surface area (TPSA) is 148 Å². The molecule has 2 N–H and O–H groups in total. The maximum absolute atomic E-state index is 12.8. The summed E-state index contributed by atoms with van der Waals surface area (Å²) in [5.74, 6) is -2.39. The molecule has 1 fully saturated rings. The Morgan fingerprint density at radius 2 is 1.82 bits per heavy atom. The molecule has 11 nitrogen and oxygen atoms in total. The van der Waals surface area contributed by atoms with Gasteiger partial charge in [-0.1, -0.05) is 36.4 Å². The number of nitro groups is 1. The number of β-lactam (4-membered cyclic amide) rings is 1. The molecule has 0 aromatic heterocycles. The van der Waals surface area contributed by atoms with Crippen molar-refractivity contribution in [3.05, 3.63) is 87.8 Å². The number of ether oxygens (including phenoxy) is 2. The summed E-state index contributed by atoms with van der Waals surface area (Å²) in [7, 11) is 0. The molecule has 0 spiro atoms. The van der Waals surface area contributed by atoms with Gasteiger partial charge in [-0.15, -0.1) is 11.8 Å². The third kappa shape index (κ3) is 4.66. The summed E-state index contributed by atoms with van der Waals surface area (Å²) >= 11 is 1.13. The van der Waals surface area contributed by atoms with Gasteiger partial charge in [0.25, 0.3) is 11.8 Å². The van der Waals surface area contributed by atoms with E-state index in [4.69, 9.17) is 9.47 Å². The summed E-state index contributed by atoms with van der Waals surface area (Å²) < 4.78 is 10.4. The zero-order valence-corrected chi connectivity index (χ0v) is 18.3. The van der Waals surface area contributed by atoms with Crippen LogP contribution in [0, 0.1) is 10.1 Å². The number of amides is 2. The van der Waals surface area contributed by atoms with E-state index in [0.717, 1.165) is 16.7 Å². The van der Waals surface area contributed by atoms with Crippen molar-refractivity contribution in [3.8, 4) is 5.75 Å². The van der Waals surface area contributed by atoms with Crippen LogP contribution in [0.1, 0.15) is 11.8 Å². The van der Waals surface area contributed by atoms with Gasteiger partial charge in [0.05, 0.1) is 16.2 Å². The van der Waals surface area contributed by atoms with Crippen molar-refractivity contribution in [2.75, 3.05) is 12.4 Å². The number of aliphatic hydroxyl groups excluding tert-OH is 1. The highest BCUT2D eigenvalue weighted by atomic mass is 32.2. The molecule has 2 aromatic rings. The van der Waals surface area contributed by atoms with Gasteiger partial charge in [-0.05, 0) is 24.3 Å². The Hall–Kier alpha value is -4.06. The number of hydrogen-bond donors (Lipinski definition) is 2. The van der Waals surface area contributed by atoms with E-state index in [-0.39, 0.29) is 17.9 Å². The second-order valence-electron chi connectivity index (χ2n) is 7.31. The van der Waals surface area contributed by atoms with Gasteiger partial charge in [0.2, 0.25) is 0 Å². The highest BCUT2D eigenvalue weighted by Gasteiger charge is 2.55. The van der Waals surface area contributed by atoms with Crippen molar-refractivity contribution in [1.82, 2.24) is 10.2 Å². The van der Waals surface area contributed by atoms with E-state index in [0.29, 0.717) is 5.75 Å². The van der Waals surface area contributed by atoms with Crippen LogP contribution >= 0.6 is 11.8 Å². The molecule has 34 heavy (non-hydrogen) atoms. The minimum Gasteiger partial charge on any atom is -0.509 e. The van der Waals surface area contributed by atoms with Gasteiger partial charge in [0.1, 0.15) is 22.9 Å². The number of esters is 1. The number of thioether (sulfide) groups is 1. The van der Waals surface area contributed by atoms with Gasteiger partial charge in [-0.3, -0.25) is 24.6 Å². The number of carbonyl (C=O) groups excluding carboxylic acids is 3. The van der Waals surface area contributed by atoms with Crippen LogP contribution in [0.3, 0.4) is 0 Å². The molecule has 2 aromatic carbocycles. The normalized spacial score (nSPS) is 20.0. The van der Waals surface area contributed by atoms with Crippen LogP contribution in [0.15, 0.2) is 72.1 Å². The molecule has 4 rings (SSSR count). The minimum atomic E-state index is -1.82. The third-order valence-electron chi connectivity index (χ3n) is 5.07. The molecule has 2 unspecified atom stereocenters. The van der Waals surface area contributed by atoms with Gasteiger partial charge in [-0.2, -0.15) is 0 Å². The Morgan fingerprint density at radius 1 is 1.18 bits per heavy atom. The van der Waals surface area contributed by atoms with E-state index in [1.807, 2.05) is 0 Å². The average Bonchev–Trinajstić information content (AvgIpc) is 2.85. The summed E-state index contributed by atoms with van der Waals surface area (Å²) in [4.78, 5) is 49.4. The molecular formula is C22H19N3O8S. The van der Waals surface area contributed by atoms with Crippen molar-refractivity contribution >= 4 is 29.5 Å². The molecule has 12 heteroatoms. The number of fused-ring (bicyclic) bond motifs is 1. The van der Waals surface area contributed by atoms with E-state index < -0.39 is 51.8 Å². The molecule has 1 saturated heterocycles. The number of para-hydroxylation sites is 1. The highest BCUT2D eigenvalue weighted by molar-refractivity contribution is 8.00. The Balaban J connectivity index is 1.41. The lowest BCUT2D eigenvalue weighted by Crippen LogP contribution is -2.71. The van der Waals surface area contributed by atoms with Gasteiger partial charge < -0.3 is 19.9 Å². The number of carbonyl (C=O) groups is 3. The third-order valence-corrected chi connectivity index (χ3v) is 6.33. The van der Waals surface area contributed by atoms with Crippen molar-refractivity contribution in [1.29, 1.82) is 0 Å². The van der Waals surface area contributed by atoms with E-state index in [1.165, 1.54) is 12.1 Å². The van der Waals surface area contributed by atoms with Crippen LogP contribution in [-0.4, -0.2) is 56.5 Å². The van der Waals surface area contributed by atoms with Crippen LogP contribution < -0.4 is 10.1 Å². The van der Waals surface area contributed by atoms with Gasteiger partial charge in [0, 0.05) is 0 Å². The molecule has 2 amide bonds. The Labute approximate surface area is 197 Å². The fourth-order valence-corrected chi connectivity index (χ4v) is 4.68. The summed E-state index contributed by atoms with van der Waals surface area (Å²) in [5, 5.41) is 23.6. The van der Waals surface area contributed by atoms with Crippen LogP contribution in [0.2, 0.25) is 0 Å². The monoisotopic (exact) mass is 485 g/mol. The van der Waals surface area contributed by atoms with Crippen LogP contribution in [0.4, 0.5) is 0 Å². The molecule has 0 bridgehead atoms. The summed E-state index contributed by atoms with van der Waals surface area (Å²) in [6, 6.07) is 15.3. The first-order chi connectivity index (χ1) is 16.4. The predicted octanol–water partition coefficient (Wildman–Crippen LogP) is 1.75. The molecule has 0 aliphatic carbocycles. The van der Waals surface area contributed by atoms with Crippen LogP contribution in [0.25, 0.3) is 0 Å². The summed E-state index contributed by atoms with van der Waals surface area (Å²) in [6.45, 7) is -0.317. The first-order valence-electron chi connectivity index (χ1n) is 10.1. The molecule has 176 valence electrons. The minimum absolute atomic E-state index is 0.0414. The number of nitrogens with one attached hydrogen (secondary N) is 1. The Bertz CT molecular complexity index is 1140. The quantitative estimate of drug-likeness (QED) is 0.188. The van der Waals surface area contributed by atoms with Crippen LogP contribution in [0.5, 0.6) is 5.75 Å². The van der Waals surface area contributed by atoms with E-state index in [2.05, 4.69) is 5.32 Å². The lowest BCUT2D eigenvalue weighted by atomic mass is 10.0. The molecule has 2 heterocycles. The number of rotatable bonds is 8. The van der Waals surface area contributed by atoms with E-state index in [9.17, 15) is 29.6 Å². The van der Waals surface area contributed by atoms with Gasteiger partial charge >= 0.3 is 12.2 Å². The SMILES string of the molecule is O=C(COc1ccccc1)NC1C(=O)N2C(C(=O)OC(c3ccccc3)[N+](=O)[O-])=C(O)CS[C@H]12. The van der Waals surface area contributed by atoms with Gasteiger partial charge in [0.15, 0.2) is 12.3 Å². The second kappa shape index (κ2) is 9.83. The van der Waals surface area contributed by atoms with Crippen molar-refractivity contribution in [2.45, 2.75) is 17.6 Å². The zero-order chi connectivity index (χ0) is 24.2. The highest BCUT2D eigenvalue weighted by Crippen LogP contribution is 2.40. The lowest BCUT2D eigenvalue weighted by molar-refractivity contribution is -0.575. The van der Waals surface area contributed by atoms with Gasteiger partial charge in [-0.25, -0.2) is 4.79 Å². The van der Waals surface area contributed by atoms with Crippen LogP contribution in [-0.2, 0) is 19.1 Å². The second-order valence-corrected chi connectivity index (χ2v) is 8.41. The molecule has 2 aliphatic rings. The number of aliphatic hydroxyl groups is 1.